The van der Waals surface area contributed by atoms with E-state index < -0.39 is 5.97 Å². The third-order valence-corrected chi connectivity index (χ3v) is 1.04. The van der Waals surface area contributed by atoms with Crippen molar-refractivity contribution in [3.8, 4) is 0 Å². The van der Waals surface area contributed by atoms with E-state index in [-0.39, 0.29) is 19.2 Å². The molecular weight excluding hydrogens is 200 g/mol. The van der Waals surface area contributed by atoms with Crippen molar-refractivity contribution in [3.63, 3.8) is 0 Å². The molecule has 0 fully saturated rings. The topological polar surface area (TPSA) is 72.8 Å². The second-order valence-corrected chi connectivity index (χ2v) is 2.37. The Hall–Kier alpha value is -1.62. The van der Waals surface area contributed by atoms with E-state index in [1.165, 1.54) is 7.11 Å². The summed E-state index contributed by atoms with van der Waals surface area (Å²) in [6, 6.07) is 0. The number of aliphatic hydroxyl groups excluding tert-OH is 1. The van der Waals surface area contributed by atoms with Gasteiger partial charge in [0.2, 0.25) is 0 Å². The minimum absolute atomic E-state index is 0.0465. The standard InChI is InChI=1S/C5H8O3.C5H8O2/c1-2-5(7)8-4-3-6;1-4(2)5(6)7-3/h2,6H,1,3-4H2;1H2,2-3H3. The van der Waals surface area contributed by atoms with Gasteiger partial charge in [-0.25, -0.2) is 9.59 Å². The molecule has 0 radical (unpaired) electrons. The fraction of sp³-hybridized carbons (Fsp3) is 0.400. The Kier molecular flexibility index (Phi) is 11.0. The van der Waals surface area contributed by atoms with Crippen LogP contribution in [-0.2, 0) is 19.1 Å². The number of hydrogen-bond donors (Lipinski definition) is 1. The molecule has 0 aliphatic heterocycles. The Morgan fingerprint density at radius 3 is 2.20 bits per heavy atom. The Morgan fingerprint density at radius 1 is 1.47 bits per heavy atom. The molecular formula is C10H16O5. The number of hydrogen-bond acceptors (Lipinski definition) is 5. The number of rotatable bonds is 4. The molecule has 0 saturated carbocycles. The molecule has 0 spiro atoms. The highest BCUT2D eigenvalue weighted by Crippen LogP contribution is 1.87. The van der Waals surface area contributed by atoms with E-state index in [0.717, 1.165) is 6.08 Å². The lowest BCUT2D eigenvalue weighted by Crippen LogP contribution is -2.04. The van der Waals surface area contributed by atoms with Gasteiger partial charge in [0, 0.05) is 11.6 Å². The SMILES string of the molecule is C=C(C)C(=O)OC.C=CC(=O)OCCO. The van der Waals surface area contributed by atoms with Crippen molar-refractivity contribution < 1.29 is 24.2 Å². The van der Waals surface area contributed by atoms with Crippen LogP contribution in [0.5, 0.6) is 0 Å². The normalized spacial score (nSPS) is 7.93. The zero-order valence-electron chi connectivity index (χ0n) is 8.99. The highest BCUT2D eigenvalue weighted by atomic mass is 16.5. The molecule has 5 heteroatoms. The van der Waals surface area contributed by atoms with Crippen LogP contribution in [0.4, 0.5) is 0 Å². The van der Waals surface area contributed by atoms with Crippen molar-refractivity contribution in [1.82, 2.24) is 0 Å². The maximum Gasteiger partial charge on any atom is 0.332 e. The molecule has 0 rings (SSSR count). The molecule has 1 N–H and O–H groups in total. The maximum absolute atomic E-state index is 10.2. The van der Waals surface area contributed by atoms with E-state index in [9.17, 15) is 9.59 Å². The molecule has 0 amide bonds. The highest BCUT2D eigenvalue weighted by Gasteiger charge is 1.95. The number of esters is 2. The zero-order valence-corrected chi connectivity index (χ0v) is 8.99. The lowest BCUT2D eigenvalue weighted by molar-refractivity contribution is -0.138. The Labute approximate surface area is 89.0 Å². The first-order valence-electron chi connectivity index (χ1n) is 4.13. The zero-order chi connectivity index (χ0) is 12.3. The molecule has 0 atom stereocenters. The number of aliphatic hydroxyl groups is 1. The van der Waals surface area contributed by atoms with E-state index in [1.54, 1.807) is 6.92 Å². The van der Waals surface area contributed by atoms with Gasteiger partial charge >= 0.3 is 11.9 Å². The quantitative estimate of drug-likeness (QED) is 0.545. The van der Waals surface area contributed by atoms with Crippen LogP contribution < -0.4 is 0 Å². The lowest BCUT2D eigenvalue weighted by atomic mass is 10.4. The first kappa shape index (κ1) is 15.8. The van der Waals surface area contributed by atoms with Crippen molar-refractivity contribution in [2.24, 2.45) is 0 Å². The fourth-order valence-electron chi connectivity index (χ4n) is 0.379. The van der Waals surface area contributed by atoms with Gasteiger partial charge in [-0.1, -0.05) is 13.2 Å². The number of ether oxygens (including phenoxy) is 2. The van der Waals surface area contributed by atoms with Crippen molar-refractivity contribution >= 4 is 11.9 Å². The van der Waals surface area contributed by atoms with Gasteiger partial charge in [-0.3, -0.25) is 0 Å². The third-order valence-electron chi connectivity index (χ3n) is 1.04. The van der Waals surface area contributed by atoms with Gasteiger partial charge in [-0.2, -0.15) is 0 Å². The van der Waals surface area contributed by atoms with E-state index in [2.05, 4.69) is 22.6 Å². The Balaban J connectivity index is 0. The second kappa shape index (κ2) is 10.5. The molecule has 0 aliphatic carbocycles. The summed E-state index contributed by atoms with van der Waals surface area (Å²) in [4.78, 5) is 20.3. The van der Waals surface area contributed by atoms with Crippen LogP contribution in [-0.4, -0.2) is 37.4 Å². The predicted octanol–water partition coefficient (Wildman–Crippen LogP) is 0.443. The fourth-order valence-corrected chi connectivity index (χ4v) is 0.379. The third kappa shape index (κ3) is 12.4. The summed E-state index contributed by atoms with van der Waals surface area (Å²) < 4.78 is 8.61. The van der Waals surface area contributed by atoms with Crippen molar-refractivity contribution in [3.05, 3.63) is 24.8 Å². The summed E-state index contributed by atoms with van der Waals surface area (Å²) in [5, 5.41) is 8.10. The number of carbonyl (C=O) groups is 2. The van der Waals surface area contributed by atoms with Crippen LogP contribution >= 0.6 is 0 Å². The van der Waals surface area contributed by atoms with Crippen molar-refractivity contribution in [1.29, 1.82) is 0 Å². The van der Waals surface area contributed by atoms with Crippen LogP contribution in [0.2, 0.25) is 0 Å². The van der Waals surface area contributed by atoms with Crippen LogP contribution in [0.25, 0.3) is 0 Å². The molecule has 0 aromatic heterocycles. The molecule has 86 valence electrons. The van der Waals surface area contributed by atoms with Gasteiger partial charge in [-0.05, 0) is 6.92 Å². The van der Waals surface area contributed by atoms with Gasteiger partial charge in [0.1, 0.15) is 6.61 Å². The van der Waals surface area contributed by atoms with Gasteiger partial charge in [0.05, 0.1) is 13.7 Å². The van der Waals surface area contributed by atoms with E-state index >= 15 is 0 Å². The average Bonchev–Trinajstić information content (AvgIpc) is 2.25. The maximum atomic E-state index is 10.2. The Bertz CT molecular complexity index is 232. The van der Waals surface area contributed by atoms with Crippen LogP contribution in [0, 0.1) is 0 Å². The molecule has 0 saturated heterocycles. The molecule has 0 unspecified atom stereocenters. The molecule has 15 heavy (non-hydrogen) atoms. The van der Waals surface area contributed by atoms with Gasteiger partial charge in [-0.15, -0.1) is 0 Å². The second-order valence-electron chi connectivity index (χ2n) is 2.37. The van der Waals surface area contributed by atoms with Gasteiger partial charge in [0.15, 0.2) is 0 Å². The molecule has 0 aromatic rings. The summed E-state index contributed by atoms with van der Waals surface area (Å²) >= 11 is 0. The minimum atomic E-state index is -0.501. The van der Waals surface area contributed by atoms with Crippen molar-refractivity contribution in [2.75, 3.05) is 20.3 Å². The first-order chi connectivity index (χ1) is 6.99. The first-order valence-corrected chi connectivity index (χ1v) is 4.13. The number of methoxy groups -OCH3 is 1. The van der Waals surface area contributed by atoms with E-state index in [0.29, 0.717) is 5.57 Å². The monoisotopic (exact) mass is 216 g/mol. The molecule has 0 aromatic carbocycles. The van der Waals surface area contributed by atoms with Crippen LogP contribution in [0.15, 0.2) is 24.8 Å². The van der Waals surface area contributed by atoms with Gasteiger partial charge < -0.3 is 14.6 Å². The largest absolute Gasteiger partial charge is 0.466 e. The molecule has 0 heterocycles. The molecule has 5 nitrogen and oxygen atoms in total. The summed E-state index contributed by atoms with van der Waals surface area (Å²) in [5.74, 6) is -0.848. The van der Waals surface area contributed by atoms with Gasteiger partial charge in [0.25, 0.3) is 0 Å². The lowest BCUT2D eigenvalue weighted by Gasteiger charge is -1.94. The predicted molar refractivity (Wildman–Crippen MR) is 55.1 cm³/mol. The smallest absolute Gasteiger partial charge is 0.332 e. The average molecular weight is 216 g/mol. The summed E-state index contributed by atoms with van der Waals surface area (Å²) in [7, 11) is 1.33. The van der Waals surface area contributed by atoms with Crippen molar-refractivity contribution in [2.45, 2.75) is 6.92 Å². The highest BCUT2D eigenvalue weighted by molar-refractivity contribution is 5.86. The summed E-state index contributed by atoms with van der Waals surface area (Å²) in [6.07, 6.45) is 1.05. The molecule has 0 bridgehead atoms. The summed E-state index contributed by atoms with van der Waals surface area (Å²) in [6.45, 7) is 8.02. The minimum Gasteiger partial charge on any atom is -0.466 e. The summed E-state index contributed by atoms with van der Waals surface area (Å²) in [5.41, 5.74) is 0.433. The molecule has 0 aliphatic rings. The van der Waals surface area contributed by atoms with E-state index in [1.807, 2.05) is 0 Å². The van der Waals surface area contributed by atoms with Crippen LogP contribution in [0.3, 0.4) is 0 Å². The number of carbonyl (C=O) groups excluding carboxylic acids is 2. The van der Waals surface area contributed by atoms with Crippen LogP contribution in [0.1, 0.15) is 6.92 Å². The Morgan fingerprint density at radius 2 is 2.00 bits per heavy atom. The van der Waals surface area contributed by atoms with E-state index in [4.69, 9.17) is 5.11 Å².